The third-order valence-electron chi connectivity index (χ3n) is 7.06. The quantitative estimate of drug-likeness (QED) is 0.229. The maximum absolute atomic E-state index is 14.2. The van der Waals surface area contributed by atoms with Gasteiger partial charge in [-0.3, -0.25) is 13.9 Å². The first-order valence-electron chi connectivity index (χ1n) is 14.1. The second kappa shape index (κ2) is 15.1. The number of anilines is 1. The summed E-state index contributed by atoms with van der Waals surface area (Å²) in [7, 11) is -2.60. The van der Waals surface area contributed by atoms with Crippen molar-refractivity contribution in [3.63, 3.8) is 0 Å². The number of unbranched alkanes of at least 4 members (excludes halogenated alkanes) is 1. The van der Waals surface area contributed by atoms with E-state index in [0.717, 1.165) is 33.8 Å². The van der Waals surface area contributed by atoms with E-state index in [-0.39, 0.29) is 23.0 Å². The molecule has 42 heavy (non-hydrogen) atoms. The Bertz CT molecular complexity index is 1460. The van der Waals surface area contributed by atoms with E-state index in [9.17, 15) is 18.0 Å². The Morgan fingerprint density at radius 3 is 2.21 bits per heavy atom. The molecule has 0 heterocycles. The lowest BCUT2D eigenvalue weighted by molar-refractivity contribution is -0.140. The Kier molecular flexibility index (Phi) is 11.8. The minimum atomic E-state index is -4.17. The van der Waals surface area contributed by atoms with Crippen LogP contribution in [0.2, 0.25) is 5.02 Å². The second-order valence-corrected chi connectivity index (χ2v) is 12.5. The molecule has 0 unspecified atom stereocenters. The van der Waals surface area contributed by atoms with Gasteiger partial charge in [0.15, 0.2) is 0 Å². The number of amides is 2. The minimum Gasteiger partial charge on any atom is -0.497 e. The van der Waals surface area contributed by atoms with Crippen molar-refractivity contribution in [1.82, 2.24) is 10.2 Å². The van der Waals surface area contributed by atoms with Gasteiger partial charge in [0, 0.05) is 18.1 Å². The smallest absolute Gasteiger partial charge is 0.264 e. The summed E-state index contributed by atoms with van der Waals surface area (Å²) in [5, 5.41) is 3.31. The van der Waals surface area contributed by atoms with Crippen molar-refractivity contribution < 1.29 is 22.7 Å². The van der Waals surface area contributed by atoms with E-state index in [0.29, 0.717) is 23.7 Å². The van der Waals surface area contributed by atoms with Crippen molar-refractivity contribution in [1.29, 1.82) is 0 Å². The maximum atomic E-state index is 14.2. The van der Waals surface area contributed by atoms with E-state index < -0.39 is 28.5 Å². The molecule has 0 bridgehead atoms. The largest absolute Gasteiger partial charge is 0.497 e. The lowest BCUT2D eigenvalue weighted by Crippen LogP contribution is -2.52. The van der Waals surface area contributed by atoms with Gasteiger partial charge in [0.05, 0.1) is 17.7 Å². The first-order chi connectivity index (χ1) is 20.0. The molecule has 3 rings (SSSR count). The summed E-state index contributed by atoms with van der Waals surface area (Å²) in [6.07, 6.45) is 2.07. The fourth-order valence-corrected chi connectivity index (χ4v) is 6.04. The topological polar surface area (TPSA) is 96.0 Å². The summed E-state index contributed by atoms with van der Waals surface area (Å²) in [5.74, 6) is -0.137. The molecule has 226 valence electrons. The van der Waals surface area contributed by atoms with Gasteiger partial charge in [0.1, 0.15) is 18.3 Å². The third kappa shape index (κ3) is 8.26. The van der Waals surface area contributed by atoms with Crippen LogP contribution in [-0.2, 0) is 26.2 Å². The van der Waals surface area contributed by atoms with Crippen LogP contribution in [0.25, 0.3) is 0 Å². The van der Waals surface area contributed by atoms with Crippen LogP contribution in [0.15, 0.2) is 71.6 Å². The molecule has 8 nitrogen and oxygen atoms in total. The van der Waals surface area contributed by atoms with Crippen molar-refractivity contribution in [3.05, 3.63) is 88.4 Å². The molecular formula is C32H40ClN3O5S. The van der Waals surface area contributed by atoms with Crippen LogP contribution in [0.1, 0.15) is 49.8 Å². The minimum absolute atomic E-state index is 0.0450. The van der Waals surface area contributed by atoms with E-state index in [2.05, 4.69) is 5.32 Å². The Labute approximate surface area is 254 Å². The summed E-state index contributed by atoms with van der Waals surface area (Å²) in [6.45, 7) is 7.62. The van der Waals surface area contributed by atoms with E-state index in [1.165, 1.54) is 17.0 Å². The summed E-state index contributed by atoms with van der Waals surface area (Å²) in [6, 6.07) is 17.7. The fourth-order valence-electron chi connectivity index (χ4n) is 4.46. The van der Waals surface area contributed by atoms with Gasteiger partial charge in [-0.15, -0.1) is 0 Å². The van der Waals surface area contributed by atoms with Gasteiger partial charge in [-0.05, 0) is 74.2 Å². The molecule has 0 spiro atoms. The normalized spacial score (nSPS) is 12.0. The number of hydrogen-bond donors (Lipinski definition) is 1. The predicted molar refractivity (Wildman–Crippen MR) is 167 cm³/mol. The lowest BCUT2D eigenvalue weighted by atomic mass is 10.1. The molecule has 3 aromatic carbocycles. The summed E-state index contributed by atoms with van der Waals surface area (Å²) in [4.78, 5) is 29.0. The van der Waals surface area contributed by atoms with E-state index in [1.54, 1.807) is 49.6 Å². The number of carbonyl (C=O) groups is 2. The summed E-state index contributed by atoms with van der Waals surface area (Å²) < 4.78 is 34.3. The average Bonchev–Trinajstić information content (AvgIpc) is 2.97. The zero-order valence-corrected chi connectivity index (χ0v) is 26.5. The number of sulfonamides is 1. The standard InChI is InChI=1S/C32H40ClN3O5S/c1-6-8-19-34-32(38)30(7-2)35(21-25-12-15-27(41-5)16-13-25)31(37)22-36(26-14-11-24(4)29(33)20-26)42(39,40)28-17-9-23(3)10-18-28/h9-18,20,30H,6-8,19,21-22H2,1-5H3,(H,34,38)/t30-/m1/s1. The van der Waals surface area contributed by atoms with Crippen LogP contribution in [0, 0.1) is 13.8 Å². The Morgan fingerprint density at radius 2 is 1.64 bits per heavy atom. The van der Waals surface area contributed by atoms with Crippen LogP contribution in [0.3, 0.4) is 0 Å². The number of hydrogen-bond acceptors (Lipinski definition) is 5. The van der Waals surface area contributed by atoms with Crippen LogP contribution < -0.4 is 14.4 Å². The summed E-state index contributed by atoms with van der Waals surface area (Å²) >= 11 is 6.40. The van der Waals surface area contributed by atoms with Gasteiger partial charge in [-0.2, -0.15) is 0 Å². The monoisotopic (exact) mass is 613 g/mol. The van der Waals surface area contributed by atoms with Crippen molar-refractivity contribution >= 4 is 39.1 Å². The number of ether oxygens (including phenoxy) is 1. The van der Waals surface area contributed by atoms with Gasteiger partial charge >= 0.3 is 0 Å². The van der Waals surface area contributed by atoms with Gasteiger partial charge in [-0.1, -0.05) is 67.8 Å². The molecule has 0 fully saturated rings. The molecular weight excluding hydrogens is 574 g/mol. The Balaban J connectivity index is 2.05. The van der Waals surface area contributed by atoms with Gasteiger partial charge in [0.2, 0.25) is 11.8 Å². The highest BCUT2D eigenvalue weighted by Gasteiger charge is 2.33. The average molecular weight is 614 g/mol. The number of benzene rings is 3. The highest BCUT2D eigenvalue weighted by atomic mass is 35.5. The molecule has 10 heteroatoms. The molecule has 0 aliphatic carbocycles. The molecule has 0 saturated heterocycles. The number of methoxy groups -OCH3 is 1. The van der Waals surface area contributed by atoms with Crippen molar-refractivity contribution in [2.24, 2.45) is 0 Å². The molecule has 0 aliphatic heterocycles. The molecule has 0 saturated carbocycles. The van der Waals surface area contributed by atoms with E-state index in [4.69, 9.17) is 16.3 Å². The van der Waals surface area contributed by atoms with E-state index >= 15 is 0 Å². The van der Waals surface area contributed by atoms with Gasteiger partial charge < -0.3 is 15.0 Å². The maximum Gasteiger partial charge on any atom is 0.264 e. The van der Waals surface area contributed by atoms with Crippen LogP contribution >= 0.6 is 11.6 Å². The first kappa shape index (κ1) is 32.9. The lowest BCUT2D eigenvalue weighted by Gasteiger charge is -2.33. The number of rotatable bonds is 14. The SMILES string of the molecule is CCCCNC(=O)[C@@H](CC)N(Cc1ccc(OC)cc1)C(=O)CN(c1ccc(C)c(Cl)c1)S(=O)(=O)c1ccc(C)cc1. The number of nitrogens with zero attached hydrogens (tertiary/aromatic N) is 2. The molecule has 1 N–H and O–H groups in total. The van der Waals surface area contributed by atoms with Gasteiger partial charge in [0.25, 0.3) is 10.0 Å². The van der Waals surface area contributed by atoms with Gasteiger partial charge in [-0.25, -0.2) is 8.42 Å². The number of carbonyl (C=O) groups excluding carboxylic acids is 2. The molecule has 0 radical (unpaired) electrons. The number of halogens is 1. The predicted octanol–water partition coefficient (Wildman–Crippen LogP) is 5.88. The van der Waals surface area contributed by atoms with Crippen molar-refractivity contribution in [3.8, 4) is 5.75 Å². The van der Waals surface area contributed by atoms with Crippen LogP contribution in [0.4, 0.5) is 5.69 Å². The third-order valence-corrected chi connectivity index (χ3v) is 9.25. The number of nitrogens with one attached hydrogen (secondary N) is 1. The number of aryl methyl sites for hydroxylation is 2. The molecule has 0 aromatic heterocycles. The fraction of sp³-hybridized carbons (Fsp3) is 0.375. The summed E-state index contributed by atoms with van der Waals surface area (Å²) in [5.41, 5.74) is 2.70. The van der Waals surface area contributed by atoms with Crippen LogP contribution in [0.5, 0.6) is 5.75 Å². The van der Waals surface area contributed by atoms with Crippen molar-refractivity contribution in [2.45, 2.75) is 64.4 Å². The molecule has 1 atom stereocenters. The zero-order valence-electron chi connectivity index (χ0n) is 24.9. The zero-order chi connectivity index (χ0) is 30.9. The van der Waals surface area contributed by atoms with E-state index in [1.807, 2.05) is 39.8 Å². The Morgan fingerprint density at radius 1 is 0.976 bits per heavy atom. The molecule has 2 amide bonds. The molecule has 0 aliphatic rings. The first-order valence-corrected chi connectivity index (χ1v) is 15.9. The molecule has 3 aromatic rings. The Hall–Kier alpha value is -3.56. The van der Waals surface area contributed by atoms with Crippen molar-refractivity contribution in [2.75, 3.05) is 24.5 Å². The highest BCUT2D eigenvalue weighted by Crippen LogP contribution is 2.29. The second-order valence-electron chi connectivity index (χ2n) is 10.2. The highest BCUT2D eigenvalue weighted by molar-refractivity contribution is 7.92. The van der Waals surface area contributed by atoms with Crippen LogP contribution in [-0.4, -0.2) is 51.4 Å².